The van der Waals surface area contributed by atoms with Crippen LogP contribution in [-0.2, 0) is 10.8 Å². The first-order chi connectivity index (χ1) is 6.77. The van der Waals surface area contributed by atoms with Crippen molar-refractivity contribution < 1.29 is 0 Å². The molecule has 1 aromatic heterocycles. The predicted octanol–water partition coefficient (Wildman–Crippen LogP) is 4.07. The van der Waals surface area contributed by atoms with Gasteiger partial charge in [0.15, 0.2) is 0 Å². The van der Waals surface area contributed by atoms with Gasteiger partial charge in [0.25, 0.3) is 0 Å². The fourth-order valence-corrected chi connectivity index (χ4v) is 1.41. The average molecular weight is 205 g/mol. The normalized spacial score (nSPS) is 12.9. The Kier molecular flexibility index (Phi) is 3.22. The molecule has 84 valence electrons. The summed E-state index contributed by atoms with van der Waals surface area (Å²) in [5, 5.41) is 0. The molecule has 0 spiro atoms. The van der Waals surface area contributed by atoms with Gasteiger partial charge in [0.1, 0.15) is 0 Å². The maximum Gasteiger partial charge on any atom is 0.0463 e. The van der Waals surface area contributed by atoms with E-state index < -0.39 is 0 Å². The van der Waals surface area contributed by atoms with E-state index in [0.29, 0.717) is 0 Å². The van der Waals surface area contributed by atoms with Gasteiger partial charge in [0.2, 0.25) is 0 Å². The highest BCUT2D eigenvalue weighted by atomic mass is 14.7. The first-order valence-corrected chi connectivity index (χ1v) is 5.75. The van der Waals surface area contributed by atoms with Crippen LogP contribution in [0.2, 0.25) is 0 Å². The van der Waals surface area contributed by atoms with Gasteiger partial charge in [-0.05, 0) is 18.6 Å². The summed E-state index contributed by atoms with van der Waals surface area (Å²) in [4.78, 5) is 4.79. The molecular formula is C14H23N. The standard InChI is InChI=1S/C14H23N/c1-7-14(5,6)12-10-8-9-11(15-12)13(2,3)4/h8-10H,7H2,1-6H3. The second-order valence-electron chi connectivity index (χ2n) is 5.90. The van der Waals surface area contributed by atoms with Crippen LogP contribution in [0.3, 0.4) is 0 Å². The number of hydrogen-bond donors (Lipinski definition) is 0. The molecule has 15 heavy (non-hydrogen) atoms. The van der Waals surface area contributed by atoms with Crippen LogP contribution < -0.4 is 0 Å². The molecule has 0 atom stereocenters. The van der Waals surface area contributed by atoms with Gasteiger partial charge in [-0.15, -0.1) is 0 Å². The van der Waals surface area contributed by atoms with Gasteiger partial charge in [0.05, 0.1) is 0 Å². The van der Waals surface area contributed by atoms with Crippen molar-refractivity contribution >= 4 is 0 Å². The summed E-state index contributed by atoms with van der Waals surface area (Å²) in [5.41, 5.74) is 2.71. The summed E-state index contributed by atoms with van der Waals surface area (Å²) in [7, 11) is 0. The van der Waals surface area contributed by atoms with Gasteiger partial charge in [-0.2, -0.15) is 0 Å². The zero-order chi connectivity index (χ0) is 11.7. The smallest absolute Gasteiger partial charge is 0.0463 e. The van der Waals surface area contributed by atoms with Crippen LogP contribution in [0.1, 0.15) is 59.4 Å². The Morgan fingerprint density at radius 2 is 1.53 bits per heavy atom. The highest BCUT2D eigenvalue weighted by Crippen LogP contribution is 2.27. The highest BCUT2D eigenvalue weighted by molar-refractivity contribution is 5.22. The summed E-state index contributed by atoms with van der Waals surface area (Å²) in [6.07, 6.45) is 1.12. The molecule has 0 fully saturated rings. The number of hydrogen-bond acceptors (Lipinski definition) is 1. The second-order valence-corrected chi connectivity index (χ2v) is 5.90. The van der Waals surface area contributed by atoms with E-state index in [9.17, 15) is 0 Å². The Hall–Kier alpha value is -0.850. The van der Waals surface area contributed by atoms with Crippen LogP contribution in [0.25, 0.3) is 0 Å². The van der Waals surface area contributed by atoms with Crippen LogP contribution >= 0.6 is 0 Å². The highest BCUT2D eigenvalue weighted by Gasteiger charge is 2.22. The van der Waals surface area contributed by atoms with Crippen LogP contribution in [0.4, 0.5) is 0 Å². The summed E-state index contributed by atoms with van der Waals surface area (Å²) >= 11 is 0. The van der Waals surface area contributed by atoms with Crippen LogP contribution in [0.5, 0.6) is 0 Å². The number of nitrogens with zero attached hydrogens (tertiary/aromatic N) is 1. The monoisotopic (exact) mass is 205 g/mol. The zero-order valence-electron chi connectivity index (χ0n) is 10.9. The van der Waals surface area contributed by atoms with Gasteiger partial charge in [-0.1, -0.05) is 47.6 Å². The predicted molar refractivity (Wildman–Crippen MR) is 66.3 cm³/mol. The molecule has 1 rings (SSSR count). The molecular weight excluding hydrogens is 182 g/mol. The third-order valence-electron chi connectivity index (χ3n) is 3.09. The SMILES string of the molecule is CCC(C)(C)c1cccc(C(C)(C)C)n1. The van der Waals surface area contributed by atoms with Crippen LogP contribution in [0.15, 0.2) is 18.2 Å². The van der Waals surface area contributed by atoms with Gasteiger partial charge >= 0.3 is 0 Å². The van der Waals surface area contributed by atoms with Gasteiger partial charge in [-0.3, -0.25) is 4.98 Å². The molecule has 1 heterocycles. The van der Waals surface area contributed by atoms with E-state index in [1.165, 1.54) is 11.4 Å². The molecule has 0 saturated heterocycles. The fourth-order valence-electron chi connectivity index (χ4n) is 1.41. The third-order valence-corrected chi connectivity index (χ3v) is 3.09. The topological polar surface area (TPSA) is 12.9 Å². The average Bonchev–Trinajstić information content (AvgIpc) is 2.17. The van der Waals surface area contributed by atoms with E-state index in [1.807, 2.05) is 0 Å². The van der Waals surface area contributed by atoms with Crippen LogP contribution in [-0.4, -0.2) is 4.98 Å². The van der Waals surface area contributed by atoms with E-state index in [2.05, 4.69) is 59.7 Å². The van der Waals surface area contributed by atoms with E-state index >= 15 is 0 Å². The van der Waals surface area contributed by atoms with E-state index in [1.54, 1.807) is 0 Å². The molecule has 0 aromatic carbocycles. The van der Waals surface area contributed by atoms with Crippen LogP contribution in [0, 0.1) is 0 Å². The van der Waals surface area contributed by atoms with Crippen molar-refractivity contribution in [1.29, 1.82) is 0 Å². The Balaban J connectivity index is 3.14. The first-order valence-electron chi connectivity index (χ1n) is 5.75. The number of rotatable bonds is 2. The van der Waals surface area contributed by atoms with Gasteiger partial charge in [0, 0.05) is 22.2 Å². The third kappa shape index (κ3) is 2.80. The molecule has 0 unspecified atom stereocenters. The molecule has 0 aliphatic heterocycles. The molecule has 0 bridgehead atoms. The molecule has 0 saturated carbocycles. The quantitative estimate of drug-likeness (QED) is 0.709. The van der Waals surface area contributed by atoms with Crippen molar-refractivity contribution in [2.24, 2.45) is 0 Å². The van der Waals surface area contributed by atoms with Gasteiger partial charge < -0.3 is 0 Å². The zero-order valence-corrected chi connectivity index (χ0v) is 10.9. The number of pyridine rings is 1. The fraction of sp³-hybridized carbons (Fsp3) is 0.643. The first kappa shape index (κ1) is 12.2. The molecule has 0 N–H and O–H groups in total. The van der Waals surface area contributed by atoms with E-state index in [-0.39, 0.29) is 10.8 Å². The maximum atomic E-state index is 4.79. The lowest BCUT2D eigenvalue weighted by molar-refractivity contribution is 0.478. The molecule has 0 radical (unpaired) electrons. The molecule has 0 amide bonds. The molecule has 0 aliphatic rings. The molecule has 1 nitrogen and oxygen atoms in total. The minimum atomic E-state index is 0.139. The lowest BCUT2D eigenvalue weighted by atomic mass is 9.84. The second kappa shape index (κ2) is 3.96. The summed E-state index contributed by atoms with van der Waals surface area (Å²) in [6.45, 7) is 13.3. The maximum absolute atomic E-state index is 4.79. The van der Waals surface area contributed by atoms with E-state index in [4.69, 9.17) is 4.98 Å². The summed E-state index contributed by atoms with van der Waals surface area (Å²) < 4.78 is 0. The molecule has 1 aromatic rings. The minimum Gasteiger partial charge on any atom is -0.257 e. The Morgan fingerprint density at radius 3 is 2.00 bits per heavy atom. The lowest BCUT2D eigenvalue weighted by Gasteiger charge is -2.25. The summed E-state index contributed by atoms with van der Waals surface area (Å²) in [6, 6.07) is 6.38. The largest absolute Gasteiger partial charge is 0.257 e. The minimum absolute atomic E-state index is 0.139. The number of aromatic nitrogens is 1. The Bertz CT molecular complexity index is 331. The van der Waals surface area contributed by atoms with Gasteiger partial charge in [-0.25, -0.2) is 0 Å². The molecule has 0 aliphatic carbocycles. The van der Waals surface area contributed by atoms with Crippen molar-refractivity contribution in [2.75, 3.05) is 0 Å². The van der Waals surface area contributed by atoms with Crippen molar-refractivity contribution in [2.45, 2.75) is 58.8 Å². The van der Waals surface area contributed by atoms with Crippen molar-refractivity contribution in [3.63, 3.8) is 0 Å². The van der Waals surface area contributed by atoms with Crippen molar-refractivity contribution in [3.8, 4) is 0 Å². The van der Waals surface area contributed by atoms with E-state index in [0.717, 1.165) is 6.42 Å². The van der Waals surface area contributed by atoms with Crippen molar-refractivity contribution in [3.05, 3.63) is 29.6 Å². The molecule has 1 heteroatoms. The summed E-state index contributed by atoms with van der Waals surface area (Å²) in [5.74, 6) is 0. The Labute approximate surface area is 93.9 Å². The lowest BCUT2D eigenvalue weighted by Crippen LogP contribution is -2.21. The Morgan fingerprint density at radius 1 is 1.00 bits per heavy atom. The van der Waals surface area contributed by atoms with Crippen molar-refractivity contribution in [1.82, 2.24) is 4.98 Å².